The number of hydrogen-bond donors (Lipinski definition) is 0. The van der Waals surface area contributed by atoms with Crippen molar-refractivity contribution in [2.45, 2.75) is 51.1 Å². The standard InChI is InChI=1S/C14H17F4N/c1-2-9-3-5-10(6-4-9)13-12(14(16,17)18)7-11(15)8-19-13/h7-10H,2-6H2,1H3. The molecule has 0 atom stereocenters. The van der Waals surface area contributed by atoms with Gasteiger partial charge in [0.25, 0.3) is 0 Å². The van der Waals surface area contributed by atoms with Crippen molar-refractivity contribution in [3.8, 4) is 0 Å². The van der Waals surface area contributed by atoms with Crippen LogP contribution in [0.1, 0.15) is 56.2 Å². The third-order valence-electron chi connectivity index (χ3n) is 4.00. The van der Waals surface area contributed by atoms with Crippen LogP contribution in [0.5, 0.6) is 0 Å². The fourth-order valence-electron chi connectivity index (χ4n) is 2.85. The van der Waals surface area contributed by atoms with E-state index in [0.717, 1.165) is 25.5 Å². The zero-order chi connectivity index (χ0) is 14.0. The van der Waals surface area contributed by atoms with Crippen LogP contribution in [-0.2, 0) is 6.18 Å². The van der Waals surface area contributed by atoms with E-state index in [4.69, 9.17) is 0 Å². The van der Waals surface area contributed by atoms with E-state index in [1.165, 1.54) is 0 Å². The van der Waals surface area contributed by atoms with Crippen LogP contribution < -0.4 is 0 Å². The van der Waals surface area contributed by atoms with Gasteiger partial charge in [0, 0.05) is 5.92 Å². The van der Waals surface area contributed by atoms with Crippen molar-refractivity contribution < 1.29 is 17.6 Å². The minimum absolute atomic E-state index is 0.0171. The first kappa shape index (κ1) is 14.3. The summed E-state index contributed by atoms with van der Waals surface area (Å²) >= 11 is 0. The third kappa shape index (κ3) is 3.25. The van der Waals surface area contributed by atoms with E-state index in [9.17, 15) is 17.6 Å². The lowest BCUT2D eigenvalue weighted by atomic mass is 9.78. The molecule has 0 saturated heterocycles. The highest BCUT2D eigenvalue weighted by molar-refractivity contribution is 5.27. The second-order valence-corrected chi connectivity index (χ2v) is 5.21. The third-order valence-corrected chi connectivity index (χ3v) is 4.00. The second-order valence-electron chi connectivity index (χ2n) is 5.21. The molecule has 0 aliphatic heterocycles. The highest BCUT2D eigenvalue weighted by Crippen LogP contribution is 2.41. The Labute approximate surface area is 110 Å². The summed E-state index contributed by atoms with van der Waals surface area (Å²) in [6, 6.07) is 0.564. The predicted molar refractivity (Wildman–Crippen MR) is 64.2 cm³/mol. The maximum Gasteiger partial charge on any atom is 0.418 e. The Morgan fingerprint density at radius 1 is 1.21 bits per heavy atom. The average Bonchev–Trinajstić information content (AvgIpc) is 2.38. The smallest absolute Gasteiger partial charge is 0.257 e. The molecular weight excluding hydrogens is 258 g/mol. The van der Waals surface area contributed by atoms with Crippen LogP contribution in [0.2, 0.25) is 0 Å². The maximum absolute atomic E-state index is 13.0. The molecule has 0 amide bonds. The first-order valence-electron chi connectivity index (χ1n) is 6.64. The summed E-state index contributed by atoms with van der Waals surface area (Å²) in [5, 5.41) is 0. The fourth-order valence-corrected chi connectivity index (χ4v) is 2.85. The number of nitrogens with zero attached hydrogens (tertiary/aromatic N) is 1. The Balaban J connectivity index is 2.25. The molecule has 1 aliphatic rings. The molecule has 1 aliphatic carbocycles. The molecule has 1 heterocycles. The van der Waals surface area contributed by atoms with Gasteiger partial charge in [-0.1, -0.05) is 13.3 Å². The van der Waals surface area contributed by atoms with Crippen molar-refractivity contribution in [1.29, 1.82) is 0 Å². The molecule has 0 N–H and O–H groups in total. The molecule has 0 unspecified atom stereocenters. The average molecular weight is 275 g/mol. The number of alkyl halides is 3. The predicted octanol–water partition coefficient (Wildman–Crippen LogP) is 4.92. The van der Waals surface area contributed by atoms with Crippen LogP contribution in [-0.4, -0.2) is 4.98 Å². The lowest BCUT2D eigenvalue weighted by molar-refractivity contribution is -0.139. The Morgan fingerprint density at radius 3 is 2.37 bits per heavy atom. The van der Waals surface area contributed by atoms with Gasteiger partial charge in [-0.05, 0) is 37.7 Å². The minimum atomic E-state index is -4.54. The minimum Gasteiger partial charge on any atom is -0.257 e. The van der Waals surface area contributed by atoms with Crippen molar-refractivity contribution in [1.82, 2.24) is 4.98 Å². The Kier molecular flexibility index (Phi) is 4.11. The quantitative estimate of drug-likeness (QED) is 0.698. The lowest BCUT2D eigenvalue weighted by Crippen LogP contribution is -2.19. The summed E-state index contributed by atoms with van der Waals surface area (Å²) in [5.74, 6) is -0.524. The van der Waals surface area contributed by atoms with Crippen molar-refractivity contribution in [2.24, 2.45) is 5.92 Å². The van der Waals surface area contributed by atoms with Crippen molar-refractivity contribution in [2.75, 3.05) is 0 Å². The van der Waals surface area contributed by atoms with Gasteiger partial charge in [-0.15, -0.1) is 0 Å². The van der Waals surface area contributed by atoms with E-state index in [0.29, 0.717) is 24.8 Å². The normalized spacial score (nSPS) is 24.5. The van der Waals surface area contributed by atoms with Gasteiger partial charge in [0.1, 0.15) is 5.82 Å². The van der Waals surface area contributed by atoms with E-state index >= 15 is 0 Å². The molecule has 1 saturated carbocycles. The molecule has 19 heavy (non-hydrogen) atoms. The summed E-state index contributed by atoms with van der Waals surface area (Å²) in [4.78, 5) is 3.72. The van der Waals surface area contributed by atoms with E-state index < -0.39 is 17.6 Å². The molecule has 2 rings (SSSR count). The largest absolute Gasteiger partial charge is 0.418 e. The molecule has 1 nitrogen and oxygen atoms in total. The number of rotatable bonds is 2. The van der Waals surface area contributed by atoms with E-state index in [-0.39, 0.29) is 11.6 Å². The number of hydrogen-bond acceptors (Lipinski definition) is 1. The molecule has 5 heteroatoms. The highest BCUT2D eigenvalue weighted by atomic mass is 19.4. The number of halogens is 4. The van der Waals surface area contributed by atoms with Crippen molar-refractivity contribution in [3.63, 3.8) is 0 Å². The van der Waals surface area contributed by atoms with Gasteiger partial charge in [-0.3, -0.25) is 4.98 Å². The van der Waals surface area contributed by atoms with Crippen LogP contribution in [0, 0.1) is 11.7 Å². The van der Waals surface area contributed by atoms with E-state index in [1.807, 2.05) is 0 Å². The second kappa shape index (κ2) is 5.47. The first-order chi connectivity index (χ1) is 8.91. The molecule has 0 spiro atoms. The van der Waals surface area contributed by atoms with E-state index in [1.54, 1.807) is 0 Å². The van der Waals surface area contributed by atoms with Gasteiger partial charge in [0.05, 0.1) is 17.5 Å². The molecular formula is C14H17F4N. The number of pyridine rings is 1. The van der Waals surface area contributed by atoms with E-state index in [2.05, 4.69) is 11.9 Å². The summed E-state index contributed by atoms with van der Waals surface area (Å²) in [5.41, 5.74) is -0.893. The van der Waals surface area contributed by atoms with Gasteiger partial charge >= 0.3 is 6.18 Å². The molecule has 1 aromatic heterocycles. The van der Waals surface area contributed by atoms with Crippen LogP contribution >= 0.6 is 0 Å². The van der Waals surface area contributed by atoms with Gasteiger partial charge in [-0.25, -0.2) is 4.39 Å². The molecule has 0 aromatic carbocycles. The Morgan fingerprint density at radius 2 is 1.84 bits per heavy atom. The highest BCUT2D eigenvalue weighted by Gasteiger charge is 2.37. The SMILES string of the molecule is CCC1CCC(c2ncc(F)cc2C(F)(F)F)CC1. The lowest BCUT2D eigenvalue weighted by Gasteiger charge is -2.28. The monoisotopic (exact) mass is 275 g/mol. The Bertz CT molecular complexity index is 434. The summed E-state index contributed by atoms with van der Waals surface area (Å²) < 4.78 is 51.8. The summed E-state index contributed by atoms with van der Waals surface area (Å²) in [7, 11) is 0. The topological polar surface area (TPSA) is 12.9 Å². The van der Waals surface area contributed by atoms with Gasteiger partial charge < -0.3 is 0 Å². The first-order valence-corrected chi connectivity index (χ1v) is 6.64. The van der Waals surface area contributed by atoms with Crippen molar-refractivity contribution in [3.05, 3.63) is 29.3 Å². The summed E-state index contributed by atoms with van der Waals surface area (Å²) in [6.07, 6.45) is 0.688. The van der Waals surface area contributed by atoms with Gasteiger partial charge in [0.2, 0.25) is 0 Å². The van der Waals surface area contributed by atoms with Crippen LogP contribution in [0.3, 0.4) is 0 Å². The van der Waals surface area contributed by atoms with Crippen LogP contribution in [0.4, 0.5) is 17.6 Å². The molecule has 0 bridgehead atoms. The van der Waals surface area contributed by atoms with Crippen LogP contribution in [0.25, 0.3) is 0 Å². The summed E-state index contributed by atoms with van der Waals surface area (Å²) in [6.45, 7) is 2.10. The zero-order valence-electron chi connectivity index (χ0n) is 10.8. The maximum atomic E-state index is 13.0. The van der Waals surface area contributed by atoms with Gasteiger partial charge in [0.15, 0.2) is 0 Å². The Hall–Kier alpha value is -1.13. The molecule has 1 fully saturated rings. The molecule has 0 radical (unpaired) electrons. The molecule has 106 valence electrons. The molecule has 1 aromatic rings. The fraction of sp³-hybridized carbons (Fsp3) is 0.643. The van der Waals surface area contributed by atoms with Crippen LogP contribution in [0.15, 0.2) is 12.3 Å². The van der Waals surface area contributed by atoms with Crippen molar-refractivity contribution >= 4 is 0 Å². The van der Waals surface area contributed by atoms with Gasteiger partial charge in [-0.2, -0.15) is 13.2 Å². The zero-order valence-corrected chi connectivity index (χ0v) is 10.8. The number of aromatic nitrogens is 1.